The Labute approximate surface area is 228 Å². The van der Waals surface area contributed by atoms with Gasteiger partial charge in [-0.15, -0.1) is 0 Å². The lowest BCUT2D eigenvalue weighted by atomic mass is 9.70. The summed E-state index contributed by atoms with van der Waals surface area (Å²) in [6.07, 6.45) is 9.11. The van der Waals surface area contributed by atoms with Crippen LogP contribution in [-0.4, -0.2) is 60.3 Å². The van der Waals surface area contributed by atoms with E-state index < -0.39 is 23.9 Å². The van der Waals surface area contributed by atoms with Gasteiger partial charge in [-0.1, -0.05) is 35.9 Å². The quantitative estimate of drug-likeness (QED) is 0.513. The summed E-state index contributed by atoms with van der Waals surface area (Å²) >= 11 is 6.34. The minimum atomic E-state index is -2.35. The van der Waals surface area contributed by atoms with E-state index in [-0.39, 0.29) is 11.0 Å². The largest absolute Gasteiger partial charge is 0.490 e. The summed E-state index contributed by atoms with van der Waals surface area (Å²) in [5.74, 6) is -1.21. The number of ether oxygens (including phenoxy) is 1. The molecule has 0 saturated carbocycles. The van der Waals surface area contributed by atoms with Crippen molar-refractivity contribution in [3.05, 3.63) is 70.3 Å². The van der Waals surface area contributed by atoms with Crippen molar-refractivity contribution in [2.75, 3.05) is 38.2 Å². The van der Waals surface area contributed by atoms with Crippen LogP contribution in [0.3, 0.4) is 0 Å². The molecule has 0 fully saturated rings. The van der Waals surface area contributed by atoms with E-state index in [0.29, 0.717) is 31.9 Å². The first kappa shape index (κ1) is 26.6. The summed E-state index contributed by atoms with van der Waals surface area (Å²) < 4.78 is 6.45. The lowest BCUT2D eigenvalue weighted by Crippen LogP contribution is -2.46. The number of hydrogen-bond acceptors (Lipinski definition) is 5. The molecule has 2 bridgehead atoms. The molecule has 1 spiro atoms. The van der Waals surface area contributed by atoms with Crippen LogP contribution in [0.4, 0.5) is 5.69 Å². The molecule has 0 radical (unpaired) electrons. The van der Waals surface area contributed by atoms with Crippen LogP contribution in [0.1, 0.15) is 55.2 Å². The summed E-state index contributed by atoms with van der Waals surface area (Å²) in [6.45, 7) is 2.41. The van der Waals surface area contributed by atoms with Crippen molar-refractivity contribution in [1.82, 2.24) is 4.90 Å². The third kappa shape index (κ3) is 5.02. The topological polar surface area (TPSA) is 90.3 Å². The molecular weight excluding hydrogens is 504 g/mol. The van der Waals surface area contributed by atoms with Crippen LogP contribution < -0.4 is 9.64 Å². The molecule has 2 atom stereocenters. The van der Waals surface area contributed by atoms with Gasteiger partial charge in [-0.05, 0) is 79.5 Å². The van der Waals surface area contributed by atoms with Crippen LogP contribution in [-0.2, 0) is 27.0 Å². The lowest BCUT2D eigenvalue weighted by Gasteiger charge is -2.41. The maximum Gasteiger partial charge on any atom is 0.340 e. The minimum Gasteiger partial charge on any atom is -0.490 e. The second kappa shape index (κ2) is 10.6. The molecule has 2 aliphatic heterocycles. The number of amides is 1. The Balaban J connectivity index is 1.59. The molecule has 2 heterocycles. The van der Waals surface area contributed by atoms with E-state index >= 15 is 0 Å². The number of benzene rings is 2. The summed E-state index contributed by atoms with van der Waals surface area (Å²) in [5, 5.41) is 22.2. The van der Waals surface area contributed by atoms with Gasteiger partial charge in [-0.25, -0.2) is 4.79 Å². The van der Waals surface area contributed by atoms with Gasteiger partial charge in [-0.3, -0.25) is 4.79 Å². The van der Waals surface area contributed by atoms with Gasteiger partial charge >= 0.3 is 5.97 Å². The minimum absolute atomic E-state index is 0.180. The number of aryl methyl sites for hydroxylation is 1. The fourth-order valence-electron chi connectivity index (χ4n) is 6.09. The van der Waals surface area contributed by atoms with Crippen LogP contribution in [0, 0.1) is 0 Å². The average Bonchev–Trinajstić information content (AvgIpc) is 3.04. The van der Waals surface area contributed by atoms with Crippen molar-refractivity contribution >= 4 is 29.2 Å². The molecule has 8 heteroatoms. The van der Waals surface area contributed by atoms with E-state index in [1.807, 2.05) is 6.07 Å². The van der Waals surface area contributed by atoms with Gasteiger partial charge in [0.25, 0.3) is 0 Å². The highest BCUT2D eigenvalue weighted by atomic mass is 35.5. The maximum atomic E-state index is 12.9. The summed E-state index contributed by atoms with van der Waals surface area (Å²) in [7, 11) is 1.64. The van der Waals surface area contributed by atoms with E-state index in [1.165, 1.54) is 16.0 Å². The Hall–Kier alpha value is -3.03. The van der Waals surface area contributed by atoms with Gasteiger partial charge in [0.1, 0.15) is 5.75 Å². The molecule has 0 unspecified atom stereocenters. The number of aliphatic hydroxyl groups is 1. The maximum absolute atomic E-state index is 12.9. The van der Waals surface area contributed by atoms with Crippen molar-refractivity contribution in [3.63, 3.8) is 0 Å². The number of allylic oxidation sites excluding steroid dienone is 1. The molecule has 0 aromatic heterocycles. The van der Waals surface area contributed by atoms with Gasteiger partial charge in [0.15, 0.2) is 5.60 Å². The monoisotopic (exact) mass is 538 g/mol. The molecule has 7 nitrogen and oxygen atoms in total. The molecule has 1 amide bonds. The third-order valence-electron chi connectivity index (χ3n) is 8.30. The first-order valence-corrected chi connectivity index (χ1v) is 13.8. The number of carboxylic acid groups (broad SMARTS) is 1. The predicted octanol–water partition coefficient (Wildman–Crippen LogP) is 4.67. The van der Waals surface area contributed by atoms with Crippen molar-refractivity contribution < 1.29 is 24.5 Å². The Kier molecular flexibility index (Phi) is 7.43. The van der Waals surface area contributed by atoms with E-state index in [0.717, 1.165) is 49.4 Å². The van der Waals surface area contributed by atoms with Crippen molar-refractivity contribution in [2.24, 2.45) is 0 Å². The Morgan fingerprint density at radius 1 is 1.08 bits per heavy atom. The number of carbonyl (C=O) groups excluding carboxylic acids is 1. The van der Waals surface area contributed by atoms with Crippen molar-refractivity contribution in [3.8, 4) is 5.75 Å². The summed E-state index contributed by atoms with van der Waals surface area (Å²) in [4.78, 5) is 29.0. The second-order valence-corrected chi connectivity index (χ2v) is 11.3. The molecule has 0 saturated heterocycles. The molecule has 5 rings (SSSR count). The van der Waals surface area contributed by atoms with E-state index in [1.54, 1.807) is 25.2 Å². The Bertz CT molecular complexity index is 1260. The van der Waals surface area contributed by atoms with Gasteiger partial charge in [0, 0.05) is 37.1 Å². The molecule has 2 aromatic carbocycles. The second-order valence-electron chi connectivity index (χ2n) is 10.9. The fourth-order valence-corrected chi connectivity index (χ4v) is 6.29. The van der Waals surface area contributed by atoms with Gasteiger partial charge in [-0.2, -0.15) is 0 Å². The van der Waals surface area contributed by atoms with Crippen LogP contribution in [0.25, 0.3) is 0 Å². The zero-order valence-electron chi connectivity index (χ0n) is 21.8. The molecule has 202 valence electrons. The molecule has 2 N–H and O–H groups in total. The molecule has 1 aliphatic carbocycles. The number of nitrogens with zero attached hydrogens (tertiary/aromatic N) is 2. The molecule has 38 heavy (non-hydrogen) atoms. The number of carboxylic acids is 1. The van der Waals surface area contributed by atoms with Gasteiger partial charge in [0.2, 0.25) is 5.91 Å². The summed E-state index contributed by atoms with van der Waals surface area (Å²) in [5.41, 5.74) is 0.854. The molecule has 3 aliphatic rings. The first-order chi connectivity index (χ1) is 18.2. The number of aliphatic carboxylic acids is 1. The smallest absolute Gasteiger partial charge is 0.340 e. The van der Waals surface area contributed by atoms with E-state index in [2.05, 4.69) is 29.2 Å². The Morgan fingerprint density at radius 3 is 2.71 bits per heavy atom. The standard InChI is InChI=1S/C30H35ClN2O5/c1-32-14-5-3-2-4-6-15-33-19-29(13-7-8-21-16-23(31)10-11-24(21)29)20-38-26-12-9-22(17-25(26)33)30(37,28(35)36)18-27(32)34/h2-3,9-12,16-17,37H,4-8,13-15,18-20H2,1H3,(H,35,36)/b3-2+/t29-,30+/m0/s1. The van der Waals surface area contributed by atoms with E-state index in [4.69, 9.17) is 16.3 Å². The number of rotatable bonds is 1. The zero-order valence-corrected chi connectivity index (χ0v) is 22.5. The van der Waals surface area contributed by atoms with Crippen molar-refractivity contribution in [1.29, 1.82) is 0 Å². The van der Waals surface area contributed by atoms with Crippen LogP contribution >= 0.6 is 11.6 Å². The van der Waals surface area contributed by atoms with Gasteiger partial charge < -0.3 is 24.7 Å². The van der Waals surface area contributed by atoms with Crippen LogP contribution in [0.5, 0.6) is 5.75 Å². The highest BCUT2D eigenvalue weighted by Crippen LogP contribution is 2.45. The van der Waals surface area contributed by atoms with Gasteiger partial charge in [0.05, 0.1) is 18.7 Å². The van der Waals surface area contributed by atoms with Crippen LogP contribution in [0.15, 0.2) is 48.6 Å². The summed E-state index contributed by atoms with van der Waals surface area (Å²) in [6, 6.07) is 11.2. The van der Waals surface area contributed by atoms with Crippen LogP contribution in [0.2, 0.25) is 5.02 Å². The predicted molar refractivity (Wildman–Crippen MR) is 147 cm³/mol. The van der Waals surface area contributed by atoms with E-state index in [9.17, 15) is 19.8 Å². The molecular formula is C30H35ClN2O5. The highest BCUT2D eigenvalue weighted by molar-refractivity contribution is 6.30. The first-order valence-electron chi connectivity index (χ1n) is 13.4. The molecule has 2 aromatic rings. The number of halogens is 1. The number of hydrogen-bond donors (Lipinski definition) is 2. The lowest BCUT2D eigenvalue weighted by molar-refractivity contribution is -0.164. The average molecular weight is 539 g/mol. The SMILES string of the molecule is CN1CC/C=C/CCCN2C[C@@]3(CCCc4cc(Cl)ccc43)COc3ccc(cc32)[C@@](O)(C(=O)O)CC1=O. The highest BCUT2D eigenvalue weighted by Gasteiger charge is 2.44. The normalized spacial score (nSPS) is 27.0. The fraction of sp³-hybridized carbons (Fsp3) is 0.467. The Morgan fingerprint density at radius 2 is 1.89 bits per heavy atom. The third-order valence-corrected chi connectivity index (χ3v) is 8.53. The van der Waals surface area contributed by atoms with Crippen molar-refractivity contribution in [2.45, 2.75) is 56.0 Å². The number of fused-ring (bicyclic) bond motifs is 3. The number of carbonyl (C=O) groups is 2. The zero-order chi connectivity index (χ0) is 26.9. The number of anilines is 1.